The third kappa shape index (κ3) is 3.63. The van der Waals surface area contributed by atoms with E-state index in [1.165, 1.54) is 0 Å². The molecule has 8 heteroatoms. The quantitative estimate of drug-likeness (QED) is 0.771. The summed E-state index contributed by atoms with van der Waals surface area (Å²) in [4.78, 5) is 12.5. The van der Waals surface area contributed by atoms with Crippen molar-refractivity contribution >= 4 is 41.5 Å². The first-order valence-corrected chi connectivity index (χ1v) is 7.85. The van der Waals surface area contributed by atoms with Crippen molar-refractivity contribution < 1.29 is 4.79 Å². The Labute approximate surface area is 150 Å². The number of nitrogens with one attached hydrogen (secondary N) is 3. The highest BCUT2D eigenvalue weighted by atomic mass is 35.5. The van der Waals surface area contributed by atoms with Crippen molar-refractivity contribution in [3.63, 3.8) is 0 Å². The predicted octanol–water partition coefficient (Wildman–Crippen LogP) is 3.28. The summed E-state index contributed by atoms with van der Waals surface area (Å²) in [5.74, 6) is -0.218. The van der Waals surface area contributed by atoms with E-state index in [-0.39, 0.29) is 24.4 Å². The second-order valence-corrected chi connectivity index (χ2v) is 6.08. The monoisotopic (exact) mass is 374 g/mol. The van der Waals surface area contributed by atoms with Crippen LogP contribution in [0.25, 0.3) is 0 Å². The van der Waals surface area contributed by atoms with E-state index in [1.54, 1.807) is 6.07 Å². The number of fused-ring (bicyclic) bond motifs is 1. The molecule has 0 bridgehead atoms. The average molecular weight is 376 g/mol. The zero-order valence-electron chi connectivity index (χ0n) is 12.5. The third-order valence-corrected chi connectivity index (χ3v) is 4.65. The van der Waals surface area contributed by atoms with Gasteiger partial charge in [-0.05, 0) is 18.6 Å². The summed E-state index contributed by atoms with van der Waals surface area (Å²) in [6.45, 7) is 3.42. The van der Waals surface area contributed by atoms with Crippen molar-refractivity contribution in [2.45, 2.75) is 25.9 Å². The van der Waals surface area contributed by atoms with Gasteiger partial charge in [0.05, 0.1) is 16.1 Å². The number of benzene rings is 1. The first-order valence-electron chi connectivity index (χ1n) is 7.09. The van der Waals surface area contributed by atoms with E-state index in [2.05, 4.69) is 20.8 Å². The minimum absolute atomic E-state index is 0. The molecule has 1 aliphatic rings. The fourth-order valence-electron chi connectivity index (χ4n) is 2.61. The second-order valence-electron chi connectivity index (χ2n) is 5.29. The molecule has 1 aliphatic heterocycles. The summed E-state index contributed by atoms with van der Waals surface area (Å²) in [6.07, 6.45) is 0.852. The molecule has 0 fully saturated rings. The number of rotatable bonds is 3. The van der Waals surface area contributed by atoms with Crippen molar-refractivity contribution in [1.29, 1.82) is 0 Å². The van der Waals surface area contributed by atoms with Gasteiger partial charge in [0.15, 0.2) is 5.69 Å². The van der Waals surface area contributed by atoms with Crippen LogP contribution in [0.15, 0.2) is 18.2 Å². The van der Waals surface area contributed by atoms with Crippen molar-refractivity contribution in [2.75, 3.05) is 6.54 Å². The zero-order chi connectivity index (χ0) is 15.7. The minimum Gasteiger partial charge on any atom is -0.344 e. The van der Waals surface area contributed by atoms with Crippen molar-refractivity contribution in [3.05, 3.63) is 50.8 Å². The lowest BCUT2D eigenvalue weighted by Crippen LogP contribution is -2.30. The Bertz CT molecular complexity index is 717. The maximum absolute atomic E-state index is 12.5. The molecule has 0 aliphatic carbocycles. The van der Waals surface area contributed by atoms with Gasteiger partial charge >= 0.3 is 0 Å². The summed E-state index contributed by atoms with van der Waals surface area (Å²) in [6, 6.07) is 5.12. The molecule has 1 unspecified atom stereocenters. The van der Waals surface area contributed by atoms with Crippen LogP contribution >= 0.6 is 35.6 Å². The first kappa shape index (κ1) is 18.1. The van der Waals surface area contributed by atoms with Gasteiger partial charge in [-0.3, -0.25) is 9.89 Å². The van der Waals surface area contributed by atoms with E-state index in [1.807, 2.05) is 19.1 Å². The van der Waals surface area contributed by atoms with E-state index in [4.69, 9.17) is 23.2 Å². The van der Waals surface area contributed by atoms with Crippen molar-refractivity contribution in [1.82, 2.24) is 20.8 Å². The fourth-order valence-corrected chi connectivity index (χ4v) is 3.08. The highest BCUT2D eigenvalue weighted by Gasteiger charge is 2.23. The molecular formula is C15H17Cl3N4O. The molecular weight excluding hydrogens is 359 g/mol. The van der Waals surface area contributed by atoms with Gasteiger partial charge in [-0.1, -0.05) is 35.3 Å². The number of nitrogens with zero attached hydrogens (tertiary/aromatic N) is 1. The lowest BCUT2D eigenvalue weighted by molar-refractivity contribution is 0.0933. The standard InChI is InChI=1S/C15H16Cl2N4O.ClH/c1-8(9-3-2-4-11(16)13(9)17)19-15(22)14-10-7-18-6-5-12(10)20-21-14;/h2-4,8,18H,5-7H2,1H3,(H,19,22)(H,20,21);1H. The minimum atomic E-state index is -0.261. The number of H-pyrrole nitrogens is 1. The summed E-state index contributed by atoms with van der Waals surface area (Å²) in [7, 11) is 0. The van der Waals surface area contributed by atoms with Gasteiger partial charge in [0, 0.05) is 30.8 Å². The number of aromatic amines is 1. The SMILES string of the molecule is CC(NC(=O)c1n[nH]c2c1CNCC2)c1cccc(Cl)c1Cl.Cl. The normalized spacial score (nSPS) is 14.6. The number of halogens is 3. The third-order valence-electron chi connectivity index (χ3n) is 3.82. The van der Waals surface area contributed by atoms with Gasteiger partial charge in [0.2, 0.25) is 0 Å². The lowest BCUT2D eigenvalue weighted by Gasteiger charge is -2.17. The van der Waals surface area contributed by atoms with Crippen molar-refractivity contribution in [2.24, 2.45) is 0 Å². The Balaban J connectivity index is 0.00000192. The fraction of sp³-hybridized carbons (Fsp3) is 0.333. The molecule has 1 aromatic carbocycles. The van der Waals surface area contributed by atoms with Crippen LogP contribution < -0.4 is 10.6 Å². The van der Waals surface area contributed by atoms with Crippen LogP contribution in [-0.2, 0) is 13.0 Å². The molecule has 2 heterocycles. The lowest BCUT2D eigenvalue weighted by atomic mass is 10.1. The Hall–Kier alpha value is -1.27. The number of aromatic nitrogens is 2. The highest BCUT2D eigenvalue weighted by molar-refractivity contribution is 6.42. The van der Waals surface area contributed by atoms with Gasteiger partial charge in [-0.25, -0.2) is 0 Å². The maximum Gasteiger partial charge on any atom is 0.272 e. The second kappa shape index (κ2) is 7.53. The Morgan fingerprint density at radius 2 is 2.17 bits per heavy atom. The molecule has 124 valence electrons. The summed E-state index contributed by atoms with van der Waals surface area (Å²) >= 11 is 12.2. The van der Waals surface area contributed by atoms with Gasteiger partial charge < -0.3 is 10.6 Å². The van der Waals surface area contributed by atoms with Crippen molar-refractivity contribution in [3.8, 4) is 0 Å². The summed E-state index contributed by atoms with van der Waals surface area (Å²) in [5.41, 5.74) is 3.18. The average Bonchev–Trinajstić information content (AvgIpc) is 2.94. The molecule has 0 saturated heterocycles. The molecule has 1 aromatic heterocycles. The first-order chi connectivity index (χ1) is 10.6. The van der Waals surface area contributed by atoms with Crippen LogP contribution in [-0.4, -0.2) is 22.6 Å². The van der Waals surface area contributed by atoms with E-state index >= 15 is 0 Å². The Morgan fingerprint density at radius 3 is 2.96 bits per heavy atom. The van der Waals surface area contributed by atoms with Gasteiger partial charge in [-0.2, -0.15) is 5.10 Å². The maximum atomic E-state index is 12.5. The largest absolute Gasteiger partial charge is 0.344 e. The molecule has 0 saturated carbocycles. The molecule has 0 radical (unpaired) electrons. The Kier molecular flexibility index (Phi) is 5.92. The number of carbonyl (C=O) groups excluding carboxylic acids is 1. The van der Waals surface area contributed by atoms with E-state index in [0.717, 1.165) is 29.8 Å². The van der Waals surface area contributed by atoms with Crippen LogP contribution in [0.3, 0.4) is 0 Å². The molecule has 3 N–H and O–H groups in total. The number of amides is 1. The van der Waals surface area contributed by atoms with Crippen LogP contribution in [0, 0.1) is 0 Å². The van der Waals surface area contributed by atoms with E-state index < -0.39 is 0 Å². The van der Waals surface area contributed by atoms with Crippen LogP contribution in [0.4, 0.5) is 0 Å². The van der Waals surface area contributed by atoms with Gasteiger partial charge in [0.1, 0.15) is 0 Å². The molecule has 23 heavy (non-hydrogen) atoms. The topological polar surface area (TPSA) is 69.8 Å². The predicted molar refractivity (Wildman–Crippen MR) is 93.6 cm³/mol. The van der Waals surface area contributed by atoms with E-state index in [9.17, 15) is 4.79 Å². The smallest absolute Gasteiger partial charge is 0.272 e. The summed E-state index contributed by atoms with van der Waals surface area (Å²) < 4.78 is 0. The summed E-state index contributed by atoms with van der Waals surface area (Å²) in [5, 5.41) is 14.2. The van der Waals surface area contributed by atoms with Crippen LogP contribution in [0.1, 0.15) is 40.3 Å². The molecule has 2 aromatic rings. The van der Waals surface area contributed by atoms with E-state index in [0.29, 0.717) is 22.3 Å². The van der Waals surface area contributed by atoms with Crippen LogP contribution in [0.2, 0.25) is 10.0 Å². The molecule has 0 spiro atoms. The highest BCUT2D eigenvalue weighted by Crippen LogP contribution is 2.30. The number of hydrogen-bond acceptors (Lipinski definition) is 3. The number of hydrogen-bond donors (Lipinski definition) is 3. The Morgan fingerprint density at radius 1 is 1.39 bits per heavy atom. The number of carbonyl (C=O) groups is 1. The van der Waals surface area contributed by atoms with Gasteiger partial charge in [-0.15, -0.1) is 12.4 Å². The van der Waals surface area contributed by atoms with Crippen LogP contribution in [0.5, 0.6) is 0 Å². The molecule has 5 nitrogen and oxygen atoms in total. The molecule has 1 amide bonds. The molecule has 1 atom stereocenters. The van der Waals surface area contributed by atoms with Gasteiger partial charge in [0.25, 0.3) is 5.91 Å². The molecule has 3 rings (SSSR count). The zero-order valence-corrected chi connectivity index (χ0v) is 14.8.